The minimum atomic E-state index is 0.968. The molecule has 3 heteroatoms. The molecule has 0 spiro atoms. The third-order valence-corrected chi connectivity index (χ3v) is 2.40. The highest BCUT2D eigenvalue weighted by Crippen LogP contribution is 2.27. The Kier molecular flexibility index (Phi) is 1.27. The molecule has 0 bridgehead atoms. The fraction of sp³-hybridized carbons (Fsp3) is 0.200. The topological polar surface area (TPSA) is 37.8 Å². The van der Waals surface area contributed by atoms with E-state index in [1.54, 1.807) is 0 Å². The largest absolute Gasteiger partial charge is 0.383 e. The molecule has 1 aliphatic heterocycles. The molecule has 1 aromatic heterocycles. The van der Waals surface area contributed by atoms with Crippen LogP contribution in [0.15, 0.2) is 24.3 Å². The fourth-order valence-electron chi connectivity index (χ4n) is 1.77. The molecule has 3 rings (SSSR count). The van der Waals surface area contributed by atoms with Crippen LogP contribution in [0.3, 0.4) is 0 Å². The van der Waals surface area contributed by atoms with Gasteiger partial charge in [0.05, 0.1) is 16.9 Å². The van der Waals surface area contributed by atoms with Crippen LogP contribution in [-0.2, 0) is 6.42 Å². The SMILES string of the molecule is c1ccc2c3c(nnc2c1)CCN3. The third kappa shape index (κ3) is 0.900. The minimum Gasteiger partial charge on any atom is -0.383 e. The summed E-state index contributed by atoms with van der Waals surface area (Å²) in [4.78, 5) is 0. The molecule has 2 aromatic rings. The van der Waals surface area contributed by atoms with Gasteiger partial charge in [0, 0.05) is 18.4 Å². The number of fused-ring (bicyclic) bond motifs is 3. The van der Waals surface area contributed by atoms with Crippen molar-refractivity contribution in [2.75, 3.05) is 11.9 Å². The summed E-state index contributed by atoms with van der Waals surface area (Å²) in [6, 6.07) is 8.09. The number of benzene rings is 1. The lowest BCUT2D eigenvalue weighted by atomic mass is 10.2. The molecule has 0 atom stereocenters. The summed E-state index contributed by atoms with van der Waals surface area (Å²) in [6.07, 6.45) is 0.993. The van der Waals surface area contributed by atoms with E-state index in [0.29, 0.717) is 0 Å². The standard InChI is InChI=1S/C10H9N3/c1-2-4-8-7(3-1)10-9(13-12-8)5-6-11-10/h1-4,11H,5-6H2. The molecule has 0 saturated heterocycles. The van der Waals surface area contributed by atoms with Crippen LogP contribution < -0.4 is 5.32 Å². The molecule has 0 saturated carbocycles. The van der Waals surface area contributed by atoms with Crippen molar-refractivity contribution in [1.82, 2.24) is 10.2 Å². The van der Waals surface area contributed by atoms with Crippen LogP contribution in [0.5, 0.6) is 0 Å². The van der Waals surface area contributed by atoms with Crippen molar-refractivity contribution in [3.05, 3.63) is 30.0 Å². The first kappa shape index (κ1) is 6.83. The average Bonchev–Trinajstić information content (AvgIpc) is 2.65. The fourth-order valence-corrected chi connectivity index (χ4v) is 1.77. The Morgan fingerprint density at radius 2 is 2.08 bits per heavy atom. The van der Waals surface area contributed by atoms with E-state index in [1.807, 2.05) is 18.2 Å². The molecule has 0 radical (unpaired) electrons. The lowest BCUT2D eigenvalue weighted by molar-refractivity contribution is 0.962. The van der Waals surface area contributed by atoms with E-state index in [0.717, 1.165) is 24.2 Å². The molecule has 0 amide bonds. The number of hydrogen-bond acceptors (Lipinski definition) is 3. The molecule has 2 heterocycles. The summed E-state index contributed by atoms with van der Waals surface area (Å²) < 4.78 is 0. The van der Waals surface area contributed by atoms with Gasteiger partial charge >= 0.3 is 0 Å². The molecule has 3 nitrogen and oxygen atoms in total. The van der Waals surface area contributed by atoms with Gasteiger partial charge in [-0.15, -0.1) is 0 Å². The summed E-state index contributed by atoms with van der Waals surface area (Å²) in [6.45, 7) is 0.984. The maximum atomic E-state index is 4.17. The Morgan fingerprint density at radius 3 is 3.08 bits per heavy atom. The van der Waals surface area contributed by atoms with Gasteiger partial charge in [-0.2, -0.15) is 10.2 Å². The van der Waals surface area contributed by atoms with E-state index in [4.69, 9.17) is 0 Å². The van der Waals surface area contributed by atoms with Gasteiger partial charge in [0.2, 0.25) is 0 Å². The maximum absolute atomic E-state index is 4.17. The Balaban J connectivity index is 2.43. The number of nitrogens with one attached hydrogen (secondary N) is 1. The van der Waals surface area contributed by atoms with Gasteiger partial charge in [-0.3, -0.25) is 0 Å². The Hall–Kier alpha value is -1.64. The molecule has 1 aliphatic rings. The average molecular weight is 171 g/mol. The molecule has 1 N–H and O–H groups in total. The Bertz CT molecular complexity index is 465. The third-order valence-electron chi connectivity index (χ3n) is 2.40. The van der Waals surface area contributed by atoms with Crippen molar-refractivity contribution in [1.29, 1.82) is 0 Å². The zero-order valence-corrected chi connectivity index (χ0v) is 7.12. The van der Waals surface area contributed by atoms with E-state index in [9.17, 15) is 0 Å². The predicted molar refractivity (Wildman–Crippen MR) is 51.7 cm³/mol. The molecular formula is C10H9N3. The van der Waals surface area contributed by atoms with Crippen molar-refractivity contribution in [2.45, 2.75) is 6.42 Å². The molecule has 13 heavy (non-hydrogen) atoms. The van der Waals surface area contributed by atoms with E-state index in [2.05, 4.69) is 21.6 Å². The summed E-state index contributed by atoms with van der Waals surface area (Å²) in [5, 5.41) is 12.9. The van der Waals surface area contributed by atoms with Gasteiger partial charge in [-0.25, -0.2) is 0 Å². The number of rotatable bonds is 0. The molecular weight excluding hydrogens is 162 g/mol. The van der Waals surface area contributed by atoms with Gasteiger partial charge in [-0.1, -0.05) is 18.2 Å². The Morgan fingerprint density at radius 1 is 1.15 bits per heavy atom. The van der Waals surface area contributed by atoms with Gasteiger partial charge in [-0.05, 0) is 6.07 Å². The monoisotopic (exact) mass is 171 g/mol. The van der Waals surface area contributed by atoms with E-state index in [-0.39, 0.29) is 0 Å². The molecule has 0 aliphatic carbocycles. The zero-order chi connectivity index (χ0) is 8.67. The normalized spacial score (nSPS) is 14.2. The summed E-state index contributed by atoms with van der Waals surface area (Å²) in [5.41, 5.74) is 3.24. The van der Waals surface area contributed by atoms with Crippen LogP contribution in [0.2, 0.25) is 0 Å². The van der Waals surface area contributed by atoms with Gasteiger partial charge in [0.15, 0.2) is 0 Å². The number of anilines is 1. The van der Waals surface area contributed by atoms with Crippen molar-refractivity contribution >= 4 is 16.6 Å². The maximum Gasteiger partial charge on any atom is 0.0950 e. The first-order chi connectivity index (χ1) is 6.45. The highest BCUT2D eigenvalue weighted by molar-refractivity contribution is 5.92. The van der Waals surface area contributed by atoms with Crippen LogP contribution >= 0.6 is 0 Å². The second-order valence-corrected chi connectivity index (χ2v) is 3.22. The second-order valence-electron chi connectivity index (χ2n) is 3.22. The first-order valence-electron chi connectivity index (χ1n) is 4.43. The number of hydrogen-bond donors (Lipinski definition) is 1. The molecule has 0 unspecified atom stereocenters. The van der Waals surface area contributed by atoms with Crippen LogP contribution in [0.4, 0.5) is 5.69 Å². The predicted octanol–water partition coefficient (Wildman–Crippen LogP) is 1.60. The first-order valence-corrected chi connectivity index (χ1v) is 4.43. The molecule has 64 valence electrons. The molecule has 0 fully saturated rings. The van der Waals surface area contributed by atoms with Gasteiger partial charge in [0.1, 0.15) is 0 Å². The summed E-state index contributed by atoms with van der Waals surface area (Å²) in [7, 11) is 0. The van der Waals surface area contributed by atoms with Crippen molar-refractivity contribution < 1.29 is 0 Å². The van der Waals surface area contributed by atoms with Gasteiger partial charge < -0.3 is 5.32 Å². The highest BCUT2D eigenvalue weighted by Gasteiger charge is 2.14. The lowest BCUT2D eigenvalue weighted by Crippen LogP contribution is -1.92. The number of aromatic nitrogens is 2. The quantitative estimate of drug-likeness (QED) is 0.654. The minimum absolute atomic E-state index is 0.968. The summed E-state index contributed by atoms with van der Waals surface area (Å²) >= 11 is 0. The van der Waals surface area contributed by atoms with Crippen molar-refractivity contribution in [2.24, 2.45) is 0 Å². The van der Waals surface area contributed by atoms with E-state index < -0.39 is 0 Å². The Labute approximate surface area is 75.8 Å². The van der Waals surface area contributed by atoms with Crippen molar-refractivity contribution in [3.63, 3.8) is 0 Å². The lowest BCUT2D eigenvalue weighted by Gasteiger charge is -2.02. The smallest absolute Gasteiger partial charge is 0.0950 e. The van der Waals surface area contributed by atoms with E-state index >= 15 is 0 Å². The van der Waals surface area contributed by atoms with Gasteiger partial charge in [0.25, 0.3) is 0 Å². The zero-order valence-electron chi connectivity index (χ0n) is 7.12. The summed E-state index contributed by atoms with van der Waals surface area (Å²) in [5.74, 6) is 0. The van der Waals surface area contributed by atoms with Crippen LogP contribution in [-0.4, -0.2) is 16.7 Å². The number of nitrogens with zero attached hydrogens (tertiary/aromatic N) is 2. The second kappa shape index (κ2) is 2.42. The highest BCUT2D eigenvalue weighted by atomic mass is 15.1. The van der Waals surface area contributed by atoms with Crippen LogP contribution in [0.1, 0.15) is 5.69 Å². The van der Waals surface area contributed by atoms with Crippen LogP contribution in [0.25, 0.3) is 10.9 Å². The van der Waals surface area contributed by atoms with E-state index in [1.165, 1.54) is 11.1 Å². The van der Waals surface area contributed by atoms with Crippen LogP contribution in [0, 0.1) is 0 Å². The molecule has 1 aromatic carbocycles. The van der Waals surface area contributed by atoms with Crippen molar-refractivity contribution in [3.8, 4) is 0 Å².